The summed E-state index contributed by atoms with van der Waals surface area (Å²) in [6.07, 6.45) is 0.428. The van der Waals surface area contributed by atoms with Crippen LogP contribution in [0.5, 0.6) is 11.5 Å². The quantitative estimate of drug-likeness (QED) is 0.516. The molecule has 0 bridgehead atoms. The largest absolute Gasteiger partial charge is 0.480 e. The van der Waals surface area contributed by atoms with Crippen molar-refractivity contribution in [3.05, 3.63) is 59.8 Å². The molecule has 1 aliphatic heterocycles. The number of halogens is 1. The van der Waals surface area contributed by atoms with Gasteiger partial charge in [-0.3, -0.25) is 14.6 Å². The van der Waals surface area contributed by atoms with E-state index in [9.17, 15) is 24.6 Å². The minimum atomic E-state index is -1.29. The third-order valence-electron chi connectivity index (χ3n) is 5.05. The highest BCUT2D eigenvalue weighted by Crippen LogP contribution is 2.36. The lowest BCUT2D eigenvalue weighted by Crippen LogP contribution is -2.45. The van der Waals surface area contributed by atoms with Gasteiger partial charge < -0.3 is 25.2 Å². The van der Waals surface area contributed by atoms with Crippen LogP contribution in [0.4, 0.5) is 5.69 Å². The van der Waals surface area contributed by atoms with Crippen LogP contribution < -0.4 is 10.1 Å². The Morgan fingerprint density at radius 2 is 1.88 bits per heavy atom. The van der Waals surface area contributed by atoms with Gasteiger partial charge in [0.2, 0.25) is 0 Å². The van der Waals surface area contributed by atoms with Crippen LogP contribution in [-0.2, 0) is 14.4 Å². The normalized spacial score (nSPS) is 17.9. The van der Waals surface area contributed by atoms with Gasteiger partial charge in [0.25, 0.3) is 0 Å². The maximum absolute atomic E-state index is 12.8. The number of β-amino-alcohol motifs (C(OH)–C–C–N with tert-alkyl or cyclic N) is 1. The molecule has 3 aromatic rings. The molecule has 0 radical (unpaired) electrons. The van der Waals surface area contributed by atoms with E-state index in [2.05, 4.69) is 10.3 Å². The standard InChI is InChI=1S/C22H18ClN3O6/c23-12-3-5-14(6-4-12)32-18-8-7-16-15(2-1-9-24-16)19(18)25-20(28)21(29)26-11-13(27)10-17(26)22(30)31/h1-9,13,17,27H,10-11H2,(H,25,28)(H,30,31)/t13?,17-/m0/s1. The van der Waals surface area contributed by atoms with Crippen LogP contribution >= 0.6 is 11.6 Å². The summed E-state index contributed by atoms with van der Waals surface area (Å²) in [6, 6.07) is 12.0. The third kappa shape index (κ3) is 4.34. The zero-order valence-corrected chi connectivity index (χ0v) is 17.3. The van der Waals surface area contributed by atoms with Crippen LogP contribution in [0.25, 0.3) is 10.9 Å². The maximum Gasteiger partial charge on any atom is 0.326 e. The molecule has 2 heterocycles. The van der Waals surface area contributed by atoms with Crippen molar-refractivity contribution >= 4 is 46.0 Å². The molecule has 3 N–H and O–H groups in total. The smallest absolute Gasteiger partial charge is 0.326 e. The van der Waals surface area contributed by atoms with E-state index in [4.69, 9.17) is 16.3 Å². The van der Waals surface area contributed by atoms with Gasteiger partial charge in [0.05, 0.1) is 17.3 Å². The van der Waals surface area contributed by atoms with E-state index >= 15 is 0 Å². The molecule has 1 unspecified atom stereocenters. The number of amides is 2. The van der Waals surface area contributed by atoms with Crippen LogP contribution in [0.2, 0.25) is 5.02 Å². The molecule has 164 valence electrons. The Labute approximate surface area is 187 Å². The highest BCUT2D eigenvalue weighted by Gasteiger charge is 2.41. The minimum Gasteiger partial charge on any atom is -0.480 e. The van der Waals surface area contributed by atoms with Crippen molar-refractivity contribution in [2.45, 2.75) is 18.6 Å². The highest BCUT2D eigenvalue weighted by molar-refractivity contribution is 6.40. The number of hydrogen-bond donors (Lipinski definition) is 3. The SMILES string of the molecule is O=C(Nc1c(Oc2ccc(Cl)cc2)ccc2ncccc12)C(=O)N1CC(O)C[C@H]1C(=O)O. The molecule has 9 nitrogen and oxygen atoms in total. The minimum absolute atomic E-state index is 0.141. The van der Waals surface area contributed by atoms with Crippen LogP contribution in [0, 0.1) is 0 Å². The van der Waals surface area contributed by atoms with Crippen LogP contribution in [0.1, 0.15) is 6.42 Å². The first-order chi connectivity index (χ1) is 15.3. The Balaban J connectivity index is 1.66. The zero-order chi connectivity index (χ0) is 22.8. The summed E-state index contributed by atoms with van der Waals surface area (Å²) in [7, 11) is 0. The Kier molecular flexibility index (Phi) is 5.93. The number of nitrogens with one attached hydrogen (secondary N) is 1. The van der Waals surface area contributed by atoms with Gasteiger partial charge in [-0.05, 0) is 48.5 Å². The first kappa shape index (κ1) is 21.5. The molecule has 0 saturated carbocycles. The lowest BCUT2D eigenvalue weighted by molar-refractivity contribution is -0.151. The Bertz CT molecular complexity index is 1200. The van der Waals surface area contributed by atoms with Crippen LogP contribution in [0.15, 0.2) is 54.7 Å². The summed E-state index contributed by atoms with van der Waals surface area (Å²) in [5.41, 5.74) is 0.759. The number of aliphatic hydroxyl groups is 1. The number of anilines is 1. The molecule has 10 heteroatoms. The van der Waals surface area contributed by atoms with Crippen molar-refractivity contribution in [1.82, 2.24) is 9.88 Å². The molecule has 4 rings (SSSR count). The molecule has 1 aromatic heterocycles. The van der Waals surface area contributed by atoms with E-state index < -0.39 is 29.9 Å². The summed E-state index contributed by atoms with van der Waals surface area (Å²) < 4.78 is 5.89. The van der Waals surface area contributed by atoms with Crippen molar-refractivity contribution in [1.29, 1.82) is 0 Å². The highest BCUT2D eigenvalue weighted by atomic mass is 35.5. The first-order valence-electron chi connectivity index (χ1n) is 9.67. The molecule has 2 atom stereocenters. The van der Waals surface area contributed by atoms with Gasteiger partial charge in [0.1, 0.15) is 11.8 Å². The predicted molar refractivity (Wildman–Crippen MR) is 116 cm³/mol. The number of rotatable bonds is 4. The number of fused-ring (bicyclic) bond motifs is 1. The lowest BCUT2D eigenvalue weighted by atomic mass is 10.1. The van der Waals surface area contributed by atoms with Crippen molar-refractivity contribution in [3.63, 3.8) is 0 Å². The van der Waals surface area contributed by atoms with E-state index in [-0.39, 0.29) is 24.4 Å². The van der Waals surface area contributed by atoms with Crippen molar-refractivity contribution in [2.24, 2.45) is 0 Å². The van der Waals surface area contributed by atoms with Gasteiger partial charge in [-0.1, -0.05) is 11.6 Å². The number of ether oxygens (including phenoxy) is 1. The number of benzene rings is 2. The summed E-state index contributed by atoms with van der Waals surface area (Å²) >= 11 is 5.91. The molecular formula is C22H18ClN3O6. The molecular weight excluding hydrogens is 438 g/mol. The number of aliphatic carboxylic acids is 1. The molecule has 2 aromatic carbocycles. The van der Waals surface area contributed by atoms with Gasteiger partial charge in [0.15, 0.2) is 5.75 Å². The molecule has 2 amide bonds. The number of nitrogens with zero attached hydrogens (tertiary/aromatic N) is 2. The summed E-state index contributed by atoms with van der Waals surface area (Å²) in [6.45, 7) is -0.242. The fourth-order valence-electron chi connectivity index (χ4n) is 3.55. The van der Waals surface area contributed by atoms with Crippen LogP contribution in [-0.4, -0.2) is 56.6 Å². The summed E-state index contributed by atoms with van der Waals surface area (Å²) in [4.78, 5) is 42.0. The van der Waals surface area contributed by atoms with Gasteiger partial charge >= 0.3 is 17.8 Å². The number of carbonyl (C=O) groups excluding carboxylic acids is 2. The van der Waals surface area contributed by atoms with E-state index in [0.717, 1.165) is 4.90 Å². The summed E-state index contributed by atoms with van der Waals surface area (Å²) in [5, 5.41) is 22.7. The van der Waals surface area contributed by atoms with Gasteiger partial charge in [-0.2, -0.15) is 0 Å². The van der Waals surface area contributed by atoms with E-state index in [1.165, 1.54) is 0 Å². The monoisotopic (exact) mass is 455 g/mol. The van der Waals surface area contributed by atoms with E-state index in [0.29, 0.717) is 21.7 Å². The molecule has 1 fully saturated rings. The maximum atomic E-state index is 12.8. The second-order valence-electron chi connectivity index (χ2n) is 7.22. The average molecular weight is 456 g/mol. The van der Waals surface area contributed by atoms with E-state index in [1.54, 1.807) is 54.7 Å². The average Bonchev–Trinajstić information content (AvgIpc) is 3.18. The Morgan fingerprint density at radius 1 is 1.12 bits per heavy atom. The predicted octanol–water partition coefficient (Wildman–Crippen LogP) is 2.67. The van der Waals surface area contributed by atoms with Gasteiger partial charge in [-0.25, -0.2) is 4.79 Å². The molecule has 0 aliphatic carbocycles. The Morgan fingerprint density at radius 3 is 2.59 bits per heavy atom. The Hall–Kier alpha value is -3.69. The van der Waals surface area contributed by atoms with Gasteiger partial charge in [-0.15, -0.1) is 0 Å². The topological polar surface area (TPSA) is 129 Å². The van der Waals surface area contributed by atoms with Crippen molar-refractivity contribution < 1.29 is 29.3 Å². The molecule has 1 saturated heterocycles. The first-order valence-corrected chi connectivity index (χ1v) is 10.1. The van der Waals surface area contributed by atoms with Crippen molar-refractivity contribution in [3.8, 4) is 11.5 Å². The number of pyridine rings is 1. The molecule has 1 aliphatic rings. The lowest BCUT2D eigenvalue weighted by Gasteiger charge is -2.21. The summed E-state index contributed by atoms with van der Waals surface area (Å²) in [5.74, 6) is -2.70. The number of aromatic nitrogens is 1. The fraction of sp³-hybridized carbons (Fsp3) is 0.182. The number of carbonyl (C=O) groups is 3. The second kappa shape index (κ2) is 8.81. The second-order valence-corrected chi connectivity index (χ2v) is 7.66. The third-order valence-corrected chi connectivity index (χ3v) is 5.30. The van der Waals surface area contributed by atoms with Crippen molar-refractivity contribution in [2.75, 3.05) is 11.9 Å². The van der Waals surface area contributed by atoms with E-state index in [1.807, 2.05) is 0 Å². The number of likely N-dealkylation sites (tertiary alicyclic amines) is 1. The number of hydrogen-bond acceptors (Lipinski definition) is 6. The number of aliphatic hydroxyl groups excluding tert-OH is 1. The number of carboxylic acid groups (broad SMARTS) is 1. The number of carboxylic acids is 1. The molecule has 32 heavy (non-hydrogen) atoms. The molecule has 0 spiro atoms. The van der Waals surface area contributed by atoms with Crippen LogP contribution in [0.3, 0.4) is 0 Å². The fourth-order valence-corrected chi connectivity index (χ4v) is 3.67. The zero-order valence-electron chi connectivity index (χ0n) is 16.6. The van der Waals surface area contributed by atoms with Gasteiger partial charge in [0, 0.05) is 29.6 Å².